The molecule has 2 fully saturated rings. The number of hydrogen-bond acceptors (Lipinski definition) is 5. The van der Waals surface area contributed by atoms with E-state index >= 15 is 0 Å². The summed E-state index contributed by atoms with van der Waals surface area (Å²) in [5.41, 5.74) is 2.54. The molecule has 0 radical (unpaired) electrons. The van der Waals surface area contributed by atoms with Crippen molar-refractivity contribution < 1.29 is 4.21 Å². The van der Waals surface area contributed by atoms with E-state index in [0.29, 0.717) is 5.92 Å². The van der Waals surface area contributed by atoms with Crippen LogP contribution in [-0.2, 0) is 11.0 Å². The number of nitriles is 1. The summed E-state index contributed by atoms with van der Waals surface area (Å²) in [7, 11) is -1.06. The lowest BCUT2D eigenvalue weighted by atomic mass is 9.93. The van der Waals surface area contributed by atoms with Gasteiger partial charge in [0.1, 0.15) is 5.82 Å². The van der Waals surface area contributed by atoms with Crippen LogP contribution in [0, 0.1) is 17.2 Å². The van der Waals surface area contributed by atoms with Crippen molar-refractivity contribution in [2.75, 3.05) is 6.54 Å². The topological polar surface area (TPSA) is 103 Å². The van der Waals surface area contributed by atoms with Crippen LogP contribution in [0.4, 0.5) is 0 Å². The van der Waals surface area contributed by atoms with E-state index in [0.717, 1.165) is 54.7 Å². The van der Waals surface area contributed by atoms with E-state index in [1.54, 1.807) is 6.20 Å². The molecule has 0 aromatic carbocycles. The highest BCUT2D eigenvalue weighted by Gasteiger charge is 2.43. The molecule has 0 bridgehead atoms. The number of rotatable bonds is 6. The Morgan fingerprint density at radius 1 is 1.39 bits per heavy atom. The van der Waals surface area contributed by atoms with E-state index in [1.165, 1.54) is 0 Å². The van der Waals surface area contributed by atoms with Crippen LogP contribution in [0.1, 0.15) is 50.8 Å². The van der Waals surface area contributed by atoms with Crippen molar-refractivity contribution in [3.63, 3.8) is 0 Å². The monoisotopic (exact) mass is 397 g/mol. The van der Waals surface area contributed by atoms with Gasteiger partial charge in [-0.3, -0.25) is 4.40 Å². The molecule has 0 saturated heterocycles. The molecule has 3 aromatic heterocycles. The van der Waals surface area contributed by atoms with Crippen LogP contribution in [-0.4, -0.2) is 50.9 Å². The molecular formula is C19H23N7OS. The van der Waals surface area contributed by atoms with Gasteiger partial charge in [-0.2, -0.15) is 5.26 Å². The van der Waals surface area contributed by atoms with Gasteiger partial charge in [-0.1, -0.05) is 13.3 Å². The first kappa shape index (κ1) is 17.8. The van der Waals surface area contributed by atoms with Gasteiger partial charge >= 0.3 is 0 Å². The lowest BCUT2D eigenvalue weighted by Crippen LogP contribution is -2.37. The average molecular weight is 398 g/mol. The van der Waals surface area contributed by atoms with E-state index in [-0.39, 0.29) is 23.8 Å². The van der Waals surface area contributed by atoms with Gasteiger partial charge in [-0.05, 0) is 37.7 Å². The smallest absolute Gasteiger partial charge is 0.179 e. The molecule has 0 amide bonds. The molecule has 0 aliphatic heterocycles. The summed E-state index contributed by atoms with van der Waals surface area (Å²) in [5.74, 6) is 1.60. The zero-order valence-electron chi connectivity index (χ0n) is 15.8. The van der Waals surface area contributed by atoms with Gasteiger partial charge in [0.05, 0.1) is 35.3 Å². The van der Waals surface area contributed by atoms with E-state index in [1.807, 2.05) is 16.6 Å². The maximum absolute atomic E-state index is 12.9. The Balaban J connectivity index is 1.51. The first-order chi connectivity index (χ1) is 13.7. The summed E-state index contributed by atoms with van der Waals surface area (Å²) >= 11 is 0. The van der Waals surface area contributed by atoms with Gasteiger partial charge in [-0.25, -0.2) is 13.5 Å². The quantitative estimate of drug-likeness (QED) is 0.644. The second-order valence-electron chi connectivity index (χ2n) is 7.83. The summed E-state index contributed by atoms with van der Waals surface area (Å²) in [6, 6.07) is 4.37. The molecule has 8 nitrogen and oxygen atoms in total. The van der Waals surface area contributed by atoms with Crippen molar-refractivity contribution in [1.29, 1.82) is 5.26 Å². The van der Waals surface area contributed by atoms with Gasteiger partial charge in [-0.15, -0.1) is 10.2 Å². The van der Waals surface area contributed by atoms with Crippen molar-refractivity contribution in [2.45, 2.75) is 56.2 Å². The summed E-state index contributed by atoms with van der Waals surface area (Å²) in [5, 5.41) is 18.4. The van der Waals surface area contributed by atoms with Crippen LogP contribution >= 0.6 is 0 Å². The minimum atomic E-state index is -1.06. The van der Waals surface area contributed by atoms with Crippen LogP contribution < -0.4 is 0 Å². The van der Waals surface area contributed by atoms with Gasteiger partial charge in [0.15, 0.2) is 11.3 Å². The fraction of sp³-hybridized carbons (Fsp3) is 0.579. The summed E-state index contributed by atoms with van der Waals surface area (Å²) in [4.78, 5) is 7.55. The second-order valence-corrected chi connectivity index (χ2v) is 9.52. The highest BCUT2D eigenvalue weighted by Crippen LogP contribution is 2.44. The van der Waals surface area contributed by atoms with E-state index in [2.05, 4.69) is 37.6 Å². The molecule has 146 valence electrons. The number of fused-ring (bicyclic) bond motifs is 3. The number of hydrogen-bond donors (Lipinski definition) is 1. The highest BCUT2D eigenvalue weighted by molar-refractivity contribution is 7.83. The largest absolute Gasteiger partial charge is 0.345 e. The van der Waals surface area contributed by atoms with Gasteiger partial charge < -0.3 is 4.98 Å². The summed E-state index contributed by atoms with van der Waals surface area (Å²) < 4.78 is 16.9. The van der Waals surface area contributed by atoms with Crippen LogP contribution in [0.5, 0.6) is 0 Å². The number of aromatic amines is 1. The molecule has 1 unspecified atom stereocenters. The number of H-pyrrole nitrogens is 1. The minimum absolute atomic E-state index is 0.145. The molecule has 9 heteroatoms. The number of nitrogens with one attached hydrogen (secondary N) is 1. The lowest BCUT2D eigenvalue weighted by molar-refractivity contribution is 0.358. The third-order valence-electron chi connectivity index (χ3n) is 6.17. The summed E-state index contributed by atoms with van der Waals surface area (Å²) in [6.45, 7) is 2.42. The first-order valence-electron chi connectivity index (χ1n) is 9.92. The molecule has 4 atom stereocenters. The fourth-order valence-electron chi connectivity index (χ4n) is 4.61. The number of nitrogens with zero attached hydrogens (tertiary/aromatic N) is 6. The predicted molar refractivity (Wildman–Crippen MR) is 106 cm³/mol. The Morgan fingerprint density at radius 3 is 3.00 bits per heavy atom. The Kier molecular flexibility index (Phi) is 4.40. The Labute approximate surface area is 165 Å². The van der Waals surface area contributed by atoms with Gasteiger partial charge in [0, 0.05) is 23.4 Å². The molecule has 1 N–H and O–H groups in total. The van der Waals surface area contributed by atoms with Crippen molar-refractivity contribution >= 4 is 27.8 Å². The van der Waals surface area contributed by atoms with Gasteiger partial charge in [0.25, 0.3) is 0 Å². The molecule has 5 rings (SSSR count). The zero-order chi connectivity index (χ0) is 19.3. The normalized spacial score (nSPS) is 26.2. The fourth-order valence-corrected chi connectivity index (χ4v) is 6.18. The summed E-state index contributed by atoms with van der Waals surface area (Å²) in [6.07, 6.45) is 8.46. The third kappa shape index (κ3) is 2.83. The van der Waals surface area contributed by atoms with E-state index < -0.39 is 11.0 Å². The second kappa shape index (κ2) is 6.94. The van der Waals surface area contributed by atoms with Gasteiger partial charge in [0.2, 0.25) is 0 Å². The van der Waals surface area contributed by atoms with Crippen molar-refractivity contribution in [3.8, 4) is 6.07 Å². The Bertz CT molecular complexity index is 1080. The van der Waals surface area contributed by atoms with Crippen LogP contribution in [0.3, 0.4) is 0 Å². The third-order valence-corrected chi connectivity index (χ3v) is 8.10. The van der Waals surface area contributed by atoms with Crippen LogP contribution in [0.15, 0.2) is 18.5 Å². The molecule has 2 saturated carbocycles. The maximum Gasteiger partial charge on any atom is 0.179 e. The lowest BCUT2D eigenvalue weighted by Gasteiger charge is -2.25. The van der Waals surface area contributed by atoms with E-state index in [4.69, 9.17) is 0 Å². The van der Waals surface area contributed by atoms with Crippen molar-refractivity contribution in [3.05, 3.63) is 24.3 Å². The average Bonchev–Trinajstić information content (AvgIpc) is 3.12. The standard InChI is InChI=1S/C19H23N7OS/c1-2-12-9-13(25(8-6-20)28(27)14-3-4-14)10-15(12)19-24-23-17-11-22-18-16(26(17)19)5-7-21-18/h5,7,11-15,21H,2-4,8-10H2,1H3/t12-,13+,15+,28?/m1/s1. The predicted octanol–water partition coefficient (Wildman–Crippen LogP) is 2.53. The molecule has 3 heterocycles. The Hall–Kier alpha value is -2.31. The first-order valence-corrected chi connectivity index (χ1v) is 11.1. The minimum Gasteiger partial charge on any atom is -0.345 e. The molecule has 2 aliphatic carbocycles. The molecule has 28 heavy (non-hydrogen) atoms. The molecule has 2 aliphatic rings. The van der Waals surface area contributed by atoms with E-state index in [9.17, 15) is 9.47 Å². The molecule has 0 spiro atoms. The Morgan fingerprint density at radius 2 is 2.25 bits per heavy atom. The SMILES string of the molecule is CC[C@@H]1C[C@H](N(CC#N)S(=O)C2CC2)C[C@@H]1c1nnc2cnc3[nH]ccc3n12. The van der Waals surface area contributed by atoms with Crippen LogP contribution in [0.2, 0.25) is 0 Å². The zero-order valence-corrected chi connectivity index (χ0v) is 16.6. The molecular weight excluding hydrogens is 374 g/mol. The van der Waals surface area contributed by atoms with Crippen molar-refractivity contribution in [2.24, 2.45) is 5.92 Å². The highest BCUT2D eigenvalue weighted by atomic mass is 32.2. The van der Waals surface area contributed by atoms with Crippen molar-refractivity contribution in [1.82, 2.24) is 28.9 Å². The molecule has 3 aromatic rings. The number of aromatic nitrogens is 5. The van der Waals surface area contributed by atoms with Crippen LogP contribution in [0.25, 0.3) is 16.8 Å². The maximum atomic E-state index is 12.9.